The fourth-order valence-electron chi connectivity index (χ4n) is 11.0. The van der Waals surface area contributed by atoms with Crippen LogP contribution in [0.2, 0.25) is 0 Å². The molecule has 2 aromatic carbocycles. The Balaban J connectivity index is 0.907. The van der Waals surface area contributed by atoms with Gasteiger partial charge in [0.25, 0.3) is 15.9 Å². The maximum atomic E-state index is 14.7. The monoisotopic (exact) mass is 967 g/mol. The van der Waals surface area contributed by atoms with Crippen molar-refractivity contribution in [3.05, 3.63) is 106 Å². The summed E-state index contributed by atoms with van der Waals surface area (Å²) in [4.78, 5) is 43.2. The second-order valence-corrected chi connectivity index (χ2v) is 21.8. The van der Waals surface area contributed by atoms with E-state index in [9.17, 15) is 37.9 Å². The van der Waals surface area contributed by atoms with Gasteiger partial charge < -0.3 is 30.2 Å². The highest BCUT2D eigenvalue weighted by Gasteiger charge is 2.50. The number of amides is 1. The predicted octanol–water partition coefficient (Wildman–Crippen LogP) is 7.49. The van der Waals surface area contributed by atoms with Crippen LogP contribution < -0.4 is 19.7 Å². The standard InChI is InChI=1S/C50H62FN9O8S/c1-32(2)38-6-4-5-7-39(38)44-31-57(20-21-61)18-19-59(44)35-25-50(26-35)14-16-58(17-15-50)34-8-9-40(45(22-34)68-36-23-41-42(51)30-55-46(41)53-28-36)48(62)56-69(66,67)37-24-43(60(64)65)47(54-29-37)52-27-33-10-12-49(3,63)13-11-33/h4-9,22-24,28-30,32-33,35,44,61,63H,10-21,25-27,31H2,1-3H3,(H,52,54)(H,53,55)(H,56,62)/t33?,44-,49?/m0/s1. The molecule has 0 radical (unpaired) electrons. The number of carbonyl (C=O) groups is 1. The number of halogens is 1. The SMILES string of the molecule is CC(C)c1ccccc1[C@@H]1CN(CCO)CCN1C1CC2(CCN(c3ccc(C(=O)NS(=O)(=O)c4cnc(NCC5CCC(C)(O)CC5)c([N+](=O)[O-])c4)c(Oc4cnc5[nH]cc(F)c5c4)c3)CC2)C1. The van der Waals surface area contributed by atoms with Crippen LogP contribution in [0, 0.1) is 27.3 Å². The molecule has 1 atom stereocenters. The Morgan fingerprint density at radius 1 is 1.03 bits per heavy atom. The van der Waals surface area contributed by atoms with Gasteiger partial charge in [-0.2, -0.15) is 0 Å². The summed E-state index contributed by atoms with van der Waals surface area (Å²) in [6.07, 6.45) is 10.2. The number of aromatic nitrogens is 3. The van der Waals surface area contributed by atoms with E-state index in [0.717, 1.165) is 76.4 Å². The summed E-state index contributed by atoms with van der Waals surface area (Å²) in [6.45, 7) is 11.7. The van der Waals surface area contributed by atoms with E-state index in [1.165, 1.54) is 35.7 Å². The summed E-state index contributed by atoms with van der Waals surface area (Å²) in [7, 11) is -4.70. The van der Waals surface area contributed by atoms with Gasteiger partial charge in [-0.1, -0.05) is 38.1 Å². The summed E-state index contributed by atoms with van der Waals surface area (Å²) >= 11 is 0. The van der Waals surface area contributed by atoms with Crippen molar-refractivity contribution in [1.29, 1.82) is 0 Å². The van der Waals surface area contributed by atoms with Crippen LogP contribution in [0.3, 0.4) is 0 Å². The molecule has 2 aliphatic carbocycles. The number of aromatic amines is 1. The van der Waals surface area contributed by atoms with Crippen molar-refractivity contribution < 1.29 is 37.5 Å². The van der Waals surface area contributed by atoms with Gasteiger partial charge in [0.2, 0.25) is 5.82 Å². The van der Waals surface area contributed by atoms with Crippen molar-refractivity contribution in [1.82, 2.24) is 29.5 Å². The lowest BCUT2D eigenvalue weighted by Gasteiger charge is -2.58. The summed E-state index contributed by atoms with van der Waals surface area (Å²) in [5.74, 6) is -1.06. The molecule has 5 N–H and O–H groups in total. The zero-order chi connectivity index (χ0) is 48.7. The van der Waals surface area contributed by atoms with Gasteiger partial charge in [-0.3, -0.25) is 24.7 Å². The van der Waals surface area contributed by atoms with Crippen LogP contribution in [0.1, 0.15) is 106 Å². The number of aliphatic hydroxyl groups is 2. The van der Waals surface area contributed by atoms with Gasteiger partial charge in [0, 0.05) is 81.9 Å². The lowest BCUT2D eigenvalue weighted by Crippen LogP contribution is -2.60. The van der Waals surface area contributed by atoms with Gasteiger partial charge in [-0.05, 0) is 105 Å². The van der Waals surface area contributed by atoms with Crippen LogP contribution in [-0.4, -0.2) is 118 Å². The second-order valence-electron chi connectivity index (χ2n) is 20.1. The van der Waals surface area contributed by atoms with Crippen molar-refractivity contribution in [2.75, 3.05) is 62.6 Å². The Hall–Kier alpha value is -5.73. The largest absolute Gasteiger partial charge is 0.455 e. The number of aliphatic hydroxyl groups excluding tert-OH is 1. The Morgan fingerprint density at radius 2 is 1.78 bits per heavy atom. The Morgan fingerprint density at radius 3 is 2.51 bits per heavy atom. The molecule has 0 bridgehead atoms. The number of nitrogens with one attached hydrogen (secondary N) is 3. The molecule has 17 nitrogen and oxygen atoms in total. The van der Waals surface area contributed by atoms with Gasteiger partial charge in [0.1, 0.15) is 27.9 Å². The minimum Gasteiger partial charge on any atom is -0.455 e. The zero-order valence-corrected chi connectivity index (χ0v) is 40.2. The van der Waals surface area contributed by atoms with Crippen LogP contribution >= 0.6 is 0 Å². The number of benzene rings is 2. The first-order valence-corrected chi connectivity index (χ1v) is 25.5. The van der Waals surface area contributed by atoms with Crippen molar-refractivity contribution in [3.8, 4) is 11.5 Å². The van der Waals surface area contributed by atoms with E-state index < -0.39 is 42.9 Å². The van der Waals surface area contributed by atoms with Crippen molar-refractivity contribution in [2.45, 2.75) is 101 Å². The highest BCUT2D eigenvalue weighted by molar-refractivity contribution is 7.90. The number of hydrogen-bond donors (Lipinski definition) is 5. The van der Waals surface area contributed by atoms with Gasteiger partial charge in [-0.15, -0.1) is 0 Å². The third-order valence-electron chi connectivity index (χ3n) is 15.1. The topological polar surface area (TPSA) is 219 Å². The van der Waals surface area contributed by atoms with E-state index in [1.54, 1.807) is 19.1 Å². The number of nitro groups is 1. The molecule has 2 saturated heterocycles. The highest BCUT2D eigenvalue weighted by Crippen LogP contribution is 2.53. The maximum Gasteiger partial charge on any atom is 0.312 e. The number of ether oxygens (including phenoxy) is 1. The van der Waals surface area contributed by atoms with Crippen LogP contribution in [-0.2, 0) is 10.0 Å². The summed E-state index contributed by atoms with van der Waals surface area (Å²) < 4.78 is 50.4. The lowest BCUT2D eigenvalue weighted by molar-refractivity contribution is -0.384. The number of carbonyl (C=O) groups excluding carboxylic acids is 1. The molecule has 9 rings (SSSR count). The summed E-state index contributed by atoms with van der Waals surface area (Å²) in [6, 6.07) is 16.7. The third kappa shape index (κ3) is 10.4. The first kappa shape index (κ1) is 48.3. The molecule has 69 heavy (non-hydrogen) atoms. The number of fused-ring (bicyclic) bond motifs is 1. The quantitative estimate of drug-likeness (QED) is 0.0507. The minimum atomic E-state index is -4.70. The second kappa shape index (κ2) is 19.6. The Labute approximate surface area is 401 Å². The summed E-state index contributed by atoms with van der Waals surface area (Å²) in [5.41, 5.74) is 2.52. The molecule has 4 aliphatic rings. The molecule has 4 fully saturated rings. The van der Waals surface area contributed by atoms with Crippen molar-refractivity contribution >= 4 is 44.2 Å². The molecule has 3 aromatic heterocycles. The van der Waals surface area contributed by atoms with Gasteiger partial charge in [0.15, 0.2) is 0 Å². The van der Waals surface area contributed by atoms with Gasteiger partial charge >= 0.3 is 5.69 Å². The minimum absolute atomic E-state index is 0.00206. The number of pyridine rings is 2. The third-order valence-corrected chi connectivity index (χ3v) is 16.4. The van der Waals surface area contributed by atoms with Crippen LogP contribution in [0.4, 0.5) is 21.6 Å². The van der Waals surface area contributed by atoms with Crippen LogP contribution in [0.15, 0.2) is 78.1 Å². The average Bonchev–Trinajstić information content (AvgIpc) is 3.69. The smallest absolute Gasteiger partial charge is 0.312 e. The van der Waals surface area contributed by atoms with Crippen LogP contribution in [0.25, 0.3) is 11.0 Å². The van der Waals surface area contributed by atoms with Gasteiger partial charge in [-0.25, -0.2) is 27.5 Å². The molecular formula is C50H62FN9O8S. The summed E-state index contributed by atoms with van der Waals surface area (Å²) in [5, 5.41) is 35.4. The molecule has 368 valence electrons. The maximum absolute atomic E-state index is 14.7. The first-order valence-electron chi connectivity index (χ1n) is 24.1. The molecule has 2 aliphatic heterocycles. The zero-order valence-electron chi connectivity index (χ0n) is 39.4. The fraction of sp³-hybridized carbons (Fsp3) is 0.500. The molecule has 1 amide bonds. The number of nitrogens with zero attached hydrogens (tertiary/aromatic N) is 6. The number of H-pyrrole nitrogens is 1. The average molecular weight is 968 g/mol. The van der Waals surface area contributed by atoms with Crippen molar-refractivity contribution in [3.63, 3.8) is 0 Å². The molecule has 1 spiro atoms. The van der Waals surface area contributed by atoms with E-state index in [4.69, 9.17) is 4.74 Å². The normalized spacial score (nSPS) is 22.4. The molecule has 19 heteroatoms. The van der Waals surface area contributed by atoms with E-state index >= 15 is 0 Å². The molecule has 5 heterocycles. The van der Waals surface area contributed by atoms with E-state index in [0.29, 0.717) is 56.4 Å². The van der Waals surface area contributed by atoms with E-state index in [2.05, 4.69) is 73.1 Å². The van der Waals surface area contributed by atoms with Gasteiger partial charge in [0.05, 0.1) is 40.5 Å². The molecule has 5 aromatic rings. The first-order chi connectivity index (χ1) is 33.0. The molecular weight excluding hydrogens is 906 g/mol. The van der Waals surface area contributed by atoms with Crippen LogP contribution in [0.5, 0.6) is 11.5 Å². The number of anilines is 2. The Bertz CT molecular complexity index is 2800. The lowest BCUT2D eigenvalue weighted by atomic mass is 9.59. The number of piperidine rings is 1. The number of piperazine rings is 1. The van der Waals surface area contributed by atoms with E-state index in [-0.39, 0.29) is 52.2 Å². The fourth-order valence-corrected chi connectivity index (χ4v) is 12.0. The number of hydrogen-bond acceptors (Lipinski definition) is 14. The van der Waals surface area contributed by atoms with E-state index in [1.807, 2.05) is 4.72 Å². The number of sulfonamides is 1. The molecule has 0 unspecified atom stereocenters. The Kier molecular flexibility index (Phi) is 13.7. The highest BCUT2D eigenvalue weighted by atomic mass is 32.2. The van der Waals surface area contributed by atoms with Crippen molar-refractivity contribution in [2.24, 2.45) is 11.3 Å². The number of β-amino-alcohol motifs (C(OH)–C–C–N with tert-alkyl or cyclic N) is 1. The predicted molar refractivity (Wildman–Crippen MR) is 260 cm³/mol. The number of rotatable bonds is 15. The molecule has 2 saturated carbocycles.